The standard InChI is InChI=1S/C19H21BrN2O5S/c1-2-27-18-8-3-14(20)13-17(18)19(23)21-15-4-6-16(7-5-15)28(24,25)22-9-11-26-12-10-22/h3-8,13H,2,9-12H2,1H3,(H,21,23). The van der Waals surface area contributed by atoms with Gasteiger partial charge in [0.2, 0.25) is 10.0 Å². The quantitative estimate of drug-likeness (QED) is 0.703. The number of anilines is 1. The number of amides is 1. The molecule has 3 rings (SSSR count). The van der Waals surface area contributed by atoms with Crippen molar-refractivity contribution in [1.82, 2.24) is 4.31 Å². The minimum Gasteiger partial charge on any atom is -0.493 e. The summed E-state index contributed by atoms with van der Waals surface area (Å²) in [7, 11) is -3.56. The highest BCUT2D eigenvalue weighted by Gasteiger charge is 2.26. The van der Waals surface area contributed by atoms with Crippen LogP contribution in [-0.4, -0.2) is 51.5 Å². The first-order valence-electron chi connectivity index (χ1n) is 8.83. The Morgan fingerprint density at radius 1 is 1.18 bits per heavy atom. The van der Waals surface area contributed by atoms with Crippen LogP contribution in [0.1, 0.15) is 17.3 Å². The highest BCUT2D eigenvalue weighted by molar-refractivity contribution is 9.10. The molecule has 1 fully saturated rings. The number of nitrogens with zero attached hydrogens (tertiary/aromatic N) is 1. The Morgan fingerprint density at radius 2 is 1.86 bits per heavy atom. The van der Waals surface area contributed by atoms with Crippen LogP contribution in [0.25, 0.3) is 0 Å². The normalized spacial score (nSPS) is 15.2. The first-order chi connectivity index (χ1) is 13.4. The largest absolute Gasteiger partial charge is 0.493 e. The van der Waals surface area contributed by atoms with Gasteiger partial charge in [-0.3, -0.25) is 4.79 Å². The topological polar surface area (TPSA) is 84.9 Å². The second-order valence-corrected chi connectivity index (χ2v) is 8.92. The molecule has 2 aromatic rings. The number of ether oxygens (including phenoxy) is 2. The molecule has 7 nitrogen and oxygen atoms in total. The van der Waals surface area contributed by atoms with Gasteiger partial charge in [0.05, 0.1) is 30.3 Å². The van der Waals surface area contributed by atoms with E-state index in [0.717, 1.165) is 4.47 Å². The van der Waals surface area contributed by atoms with Gasteiger partial charge in [0.15, 0.2) is 0 Å². The minimum atomic E-state index is -3.56. The number of halogens is 1. The third-order valence-electron chi connectivity index (χ3n) is 4.21. The fraction of sp³-hybridized carbons (Fsp3) is 0.316. The number of hydrogen-bond acceptors (Lipinski definition) is 5. The van der Waals surface area contributed by atoms with Crippen molar-refractivity contribution in [2.45, 2.75) is 11.8 Å². The summed E-state index contributed by atoms with van der Waals surface area (Å²) in [6, 6.07) is 11.3. The van der Waals surface area contributed by atoms with E-state index >= 15 is 0 Å². The van der Waals surface area contributed by atoms with Crippen molar-refractivity contribution in [3.8, 4) is 5.75 Å². The number of benzene rings is 2. The van der Waals surface area contributed by atoms with Gasteiger partial charge in [-0.25, -0.2) is 8.42 Å². The monoisotopic (exact) mass is 468 g/mol. The van der Waals surface area contributed by atoms with E-state index in [1.807, 2.05) is 6.92 Å². The van der Waals surface area contributed by atoms with Crippen molar-refractivity contribution in [2.24, 2.45) is 0 Å². The molecule has 1 heterocycles. The van der Waals surface area contributed by atoms with E-state index in [1.54, 1.807) is 30.3 Å². The predicted octanol–water partition coefficient (Wildman–Crippen LogP) is 3.12. The Labute approximate surface area is 172 Å². The molecule has 28 heavy (non-hydrogen) atoms. The summed E-state index contributed by atoms with van der Waals surface area (Å²) < 4.78 is 38.2. The Kier molecular flexibility index (Phi) is 6.71. The van der Waals surface area contributed by atoms with Crippen LogP contribution >= 0.6 is 15.9 Å². The molecular weight excluding hydrogens is 448 g/mol. The number of carbonyl (C=O) groups excluding carboxylic acids is 1. The summed E-state index contributed by atoms with van der Waals surface area (Å²) in [6.07, 6.45) is 0. The van der Waals surface area contributed by atoms with E-state index in [1.165, 1.54) is 16.4 Å². The SMILES string of the molecule is CCOc1ccc(Br)cc1C(=O)Nc1ccc(S(=O)(=O)N2CCOCC2)cc1. The van der Waals surface area contributed by atoms with Crippen molar-refractivity contribution < 1.29 is 22.7 Å². The van der Waals surface area contributed by atoms with Gasteiger partial charge < -0.3 is 14.8 Å². The lowest BCUT2D eigenvalue weighted by Crippen LogP contribution is -2.40. The fourth-order valence-corrected chi connectivity index (χ4v) is 4.57. The van der Waals surface area contributed by atoms with Crippen LogP contribution in [-0.2, 0) is 14.8 Å². The van der Waals surface area contributed by atoms with Crippen molar-refractivity contribution in [2.75, 3.05) is 38.2 Å². The lowest BCUT2D eigenvalue weighted by molar-refractivity contribution is 0.0730. The van der Waals surface area contributed by atoms with Gasteiger partial charge in [-0.05, 0) is 49.4 Å². The van der Waals surface area contributed by atoms with E-state index in [-0.39, 0.29) is 10.8 Å². The first kappa shape index (κ1) is 20.8. The number of sulfonamides is 1. The molecule has 0 unspecified atom stereocenters. The van der Waals surface area contributed by atoms with Crippen LogP contribution in [0.4, 0.5) is 5.69 Å². The maximum atomic E-state index is 12.7. The van der Waals surface area contributed by atoms with Crippen LogP contribution in [0.2, 0.25) is 0 Å². The molecular formula is C19H21BrN2O5S. The number of morpholine rings is 1. The minimum absolute atomic E-state index is 0.185. The molecule has 1 aliphatic rings. The highest BCUT2D eigenvalue weighted by Crippen LogP contribution is 2.25. The van der Waals surface area contributed by atoms with Gasteiger partial charge in [-0.2, -0.15) is 4.31 Å². The molecule has 1 saturated heterocycles. The Hall–Kier alpha value is -1.94. The third-order valence-corrected chi connectivity index (χ3v) is 6.61. The number of carbonyl (C=O) groups is 1. The van der Waals surface area contributed by atoms with Crippen molar-refractivity contribution >= 4 is 37.5 Å². The molecule has 0 bridgehead atoms. The highest BCUT2D eigenvalue weighted by atomic mass is 79.9. The van der Waals surface area contributed by atoms with E-state index in [2.05, 4.69) is 21.2 Å². The van der Waals surface area contributed by atoms with E-state index in [9.17, 15) is 13.2 Å². The van der Waals surface area contributed by atoms with Crippen molar-refractivity contribution in [3.63, 3.8) is 0 Å². The summed E-state index contributed by atoms with van der Waals surface area (Å²) in [5.41, 5.74) is 0.884. The number of rotatable bonds is 6. The van der Waals surface area contributed by atoms with Gasteiger partial charge in [0.1, 0.15) is 5.75 Å². The molecule has 1 N–H and O–H groups in total. The summed E-state index contributed by atoms with van der Waals surface area (Å²) in [4.78, 5) is 12.8. The maximum absolute atomic E-state index is 12.7. The molecule has 0 saturated carbocycles. The average molecular weight is 469 g/mol. The molecule has 1 aliphatic heterocycles. The lowest BCUT2D eigenvalue weighted by atomic mass is 10.2. The summed E-state index contributed by atoms with van der Waals surface area (Å²) >= 11 is 3.35. The Bertz CT molecular complexity index is 941. The van der Waals surface area contributed by atoms with Gasteiger partial charge in [-0.15, -0.1) is 0 Å². The van der Waals surface area contributed by atoms with Gasteiger partial charge in [0.25, 0.3) is 5.91 Å². The van der Waals surface area contributed by atoms with E-state index < -0.39 is 10.0 Å². The second kappa shape index (κ2) is 9.04. The van der Waals surface area contributed by atoms with Crippen LogP contribution in [0, 0.1) is 0 Å². The lowest BCUT2D eigenvalue weighted by Gasteiger charge is -2.26. The molecule has 0 radical (unpaired) electrons. The maximum Gasteiger partial charge on any atom is 0.259 e. The zero-order valence-electron chi connectivity index (χ0n) is 15.4. The molecule has 0 aliphatic carbocycles. The Balaban J connectivity index is 1.76. The van der Waals surface area contributed by atoms with E-state index in [0.29, 0.717) is 49.9 Å². The van der Waals surface area contributed by atoms with Crippen LogP contribution in [0.3, 0.4) is 0 Å². The summed E-state index contributed by atoms with van der Waals surface area (Å²) in [5, 5.41) is 2.77. The zero-order chi connectivity index (χ0) is 20.1. The summed E-state index contributed by atoms with van der Waals surface area (Å²) in [5.74, 6) is 0.142. The molecule has 0 aromatic heterocycles. The fourth-order valence-electron chi connectivity index (χ4n) is 2.81. The summed E-state index contributed by atoms with van der Waals surface area (Å²) in [6.45, 7) is 3.74. The molecule has 2 aromatic carbocycles. The Morgan fingerprint density at radius 3 is 2.50 bits per heavy atom. The molecule has 1 amide bonds. The smallest absolute Gasteiger partial charge is 0.259 e. The van der Waals surface area contributed by atoms with Crippen LogP contribution < -0.4 is 10.1 Å². The number of nitrogens with one attached hydrogen (secondary N) is 1. The van der Waals surface area contributed by atoms with Crippen LogP contribution in [0.15, 0.2) is 51.8 Å². The van der Waals surface area contributed by atoms with Crippen molar-refractivity contribution in [3.05, 3.63) is 52.5 Å². The molecule has 0 atom stereocenters. The van der Waals surface area contributed by atoms with Crippen LogP contribution in [0.5, 0.6) is 5.75 Å². The molecule has 9 heteroatoms. The molecule has 0 spiro atoms. The first-order valence-corrected chi connectivity index (χ1v) is 11.1. The third kappa shape index (κ3) is 4.72. The second-order valence-electron chi connectivity index (χ2n) is 6.07. The van der Waals surface area contributed by atoms with Gasteiger partial charge >= 0.3 is 0 Å². The zero-order valence-corrected chi connectivity index (χ0v) is 17.8. The van der Waals surface area contributed by atoms with E-state index in [4.69, 9.17) is 9.47 Å². The van der Waals surface area contributed by atoms with Crippen molar-refractivity contribution in [1.29, 1.82) is 0 Å². The average Bonchev–Trinajstić information content (AvgIpc) is 2.70. The predicted molar refractivity (Wildman–Crippen MR) is 109 cm³/mol. The van der Waals surface area contributed by atoms with Gasteiger partial charge in [-0.1, -0.05) is 15.9 Å². The number of hydrogen-bond donors (Lipinski definition) is 1. The molecule has 150 valence electrons. The van der Waals surface area contributed by atoms with Gasteiger partial charge in [0, 0.05) is 23.2 Å².